The Morgan fingerprint density at radius 2 is 1.81 bits per heavy atom. The lowest BCUT2D eigenvalue weighted by Gasteiger charge is -2.16. The summed E-state index contributed by atoms with van der Waals surface area (Å²) in [5.41, 5.74) is -0.807. The summed E-state index contributed by atoms with van der Waals surface area (Å²) in [6, 6.07) is 0.401. The predicted octanol–water partition coefficient (Wildman–Crippen LogP) is 0.605. The van der Waals surface area contributed by atoms with Crippen molar-refractivity contribution in [3.63, 3.8) is 0 Å². The lowest BCUT2D eigenvalue weighted by atomic mass is 10.0. The fourth-order valence-corrected chi connectivity index (χ4v) is 5.88. The van der Waals surface area contributed by atoms with Crippen molar-refractivity contribution in [1.29, 1.82) is 0 Å². The van der Waals surface area contributed by atoms with Crippen molar-refractivity contribution in [3.05, 3.63) is 38.7 Å². The van der Waals surface area contributed by atoms with Crippen molar-refractivity contribution in [2.45, 2.75) is 68.7 Å². The van der Waals surface area contributed by atoms with E-state index in [1.807, 2.05) is 11.8 Å². The van der Waals surface area contributed by atoms with Crippen LogP contribution in [-0.4, -0.2) is 63.6 Å². The van der Waals surface area contributed by atoms with Crippen LogP contribution in [0.5, 0.6) is 0 Å². The number of aryl methyl sites for hydroxylation is 1. The fourth-order valence-electron chi connectivity index (χ4n) is 4.33. The van der Waals surface area contributed by atoms with Crippen LogP contribution < -0.4 is 32.5 Å². The van der Waals surface area contributed by atoms with Gasteiger partial charge in [0, 0.05) is 49.8 Å². The Labute approximate surface area is 214 Å². The second-order valence-corrected chi connectivity index (χ2v) is 10.5. The number of amides is 4. The Hall–Kier alpha value is -3.02. The minimum absolute atomic E-state index is 0.0648. The molecule has 3 heterocycles. The van der Waals surface area contributed by atoms with Crippen LogP contribution in [0.4, 0.5) is 4.79 Å². The molecule has 3 atom stereocenters. The van der Waals surface area contributed by atoms with Gasteiger partial charge in [0.1, 0.15) is 0 Å². The third-order valence-electron chi connectivity index (χ3n) is 6.36. The Bertz CT molecular complexity index is 1070. The number of nitrogens with one attached hydrogen (secondary N) is 5. The topological polar surface area (TPSA) is 154 Å². The van der Waals surface area contributed by atoms with Gasteiger partial charge in [-0.3, -0.25) is 19.4 Å². The molecule has 2 saturated heterocycles. The molecule has 12 heteroatoms. The van der Waals surface area contributed by atoms with E-state index >= 15 is 0 Å². The van der Waals surface area contributed by atoms with Gasteiger partial charge in [-0.2, -0.15) is 11.8 Å². The fraction of sp³-hybridized carbons (Fsp3) is 0.625. The zero-order valence-corrected chi connectivity index (χ0v) is 21.5. The Kier molecular flexibility index (Phi) is 10.6. The summed E-state index contributed by atoms with van der Waals surface area (Å²) in [6.45, 7) is 1.18. The summed E-state index contributed by atoms with van der Waals surface area (Å²) < 4.78 is 1.24. The van der Waals surface area contributed by atoms with Crippen LogP contribution in [0.1, 0.15) is 56.9 Å². The van der Waals surface area contributed by atoms with Crippen LogP contribution >= 0.6 is 11.8 Å². The van der Waals surface area contributed by atoms with E-state index in [-0.39, 0.29) is 35.5 Å². The molecule has 3 rings (SSSR count). The molecule has 2 aliphatic heterocycles. The zero-order chi connectivity index (χ0) is 25.9. The van der Waals surface area contributed by atoms with Crippen molar-refractivity contribution in [2.75, 3.05) is 18.8 Å². The molecule has 0 aromatic carbocycles. The monoisotopic (exact) mass is 520 g/mol. The number of hydrogen-bond acceptors (Lipinski definition) is 6. The van der Waals surface area contributed by atoms with Crippen molar-refractivity contribution >= 4 is 35.7 Å². The average molecular weight is 521 g/mol. The maximum absolute atomic E-state index is 12.0. The third kappa shape index (κ3) is 8.58. The largest absolute Gasteiger partial charge is 0.356 e. The molecule has 0 radical (unpaired) electrons. The zero-order valence-electron chi connectivity index (χ0n) is 20.6. The number of urea groups is 1. The number of aromatic nitrogens is 2. The maximum Gasteiger partial charge on any atom is 0.328 e. The van der Waals surface area contributed by atoms with Gasteiger partial charge in [-0.25, -0.2) is 9.59 Å². The molecule has 1 aromatic rings. The minimum Gasteiger partial charge on any atom is -0.356 e. The number of unbranched alkanes of at least 4 members (excludes halogenated alkanes) is 4. The van der Waals surface area contributed by atoms with E-state index in [1.54, 1.807) is 0 Å². The summed E-state index contributed by atoms with van der Waals surface area (Å²) in [5, 5.41) is 12.1. The third-order valence-corrected chi connectivity index (χ3v) is 7.86. The molecule has 0 saturated carbocycles. The van der Waals surface area contributed by atoms with Gasteiger partial charge >= 0.3 is 11.7 Å². The number of carbonyl (C=O) groups is 3. The van der Waals surface area contributed by atoms with Crippen LogP contribution in [0.25, 0.3) is 6.08 Å². The van der Waals surface area contributed by atoms with Crippen molar-refractivity contribution in [3.8, 4) is 0 Å². The van der Waals surface area contributed by atoms with Gasteiger partial charge in [-0.05, 0) is 31.8 Å². The predicted molar refractivity (Wildman–Crippen MR) is 140 cm³/mol. The maximum atomic E-state index is 12.0. The first-order chi connectivity index (χ1) is 17.3. The van der Waals surface area contributed by atoms with E-state index in [1.165, 1.54) is 30.0 Å². The molecule has 4 amide bonds. The van der Waals surface area contributed by atoms with Crippen LogP contribution in [-0.2, 0) is 16.6 Å². The molecular formula is C24H36N6O5S. The number of hydrogen-bond donors (Lipinski definition) is 5. The van der Waals surface area contributed by atoms with Crippen LogP contribution in [0.2, 0.25) is 0 Å². The highest BCUT2D eigenvalue weighted by Gasteiger charge is 2.42. The van der Waals surface area contributed by atoms with Crippen molar-refractivity contribution in [1.82, 2.24) is 30.8 Å². The van der Waals surface area contributed by atoms with E-state index in [0.717, 1.165) is 50.7 Å². The Balaban J connectivity index is 1.15. The molecular weight excluding hydrogens is 484 g/mol. The van der Waals surface area contributed by atoms with E-state index < -0.39 is 11.2 Å². The van der Waals surface area contributed by atoms with Crippen LogP contribution in [0.3, 0.4) is 0 Å². The first kappa shape index (κ1) is 27.6. The van der Waals surface area contributed by atoms with E-state index in [2.05, 4.69) is 26.3 Å². The smallest absolute Gasteiger partial charge is 0.328 e. The van der Waals surface area contributed by atoms with E-state index in [4.69, 9.17) is 0 Å². The van der Waals surface area contributed by atoms with Gasteiger partial charge in [0.15, 0.2) is 0 Å². The summed E-state index contributed by atoms with van der Waals surface area (Å²) >= 11 is 1.90. The number of carbonyl (C=O) groups excluding carboxylic acids is 3. The summed E-state index contributed by atoms with van der Waals surface area (Å²) in [4.78, 5) is 60.5. The quantitative estimate of drug-likeness (QED) is 0.138. The molecule has 2 fully saturated rings. The molecule has 0 bridgehead atoms. The second kappa shape index (κ2) is 13.9. The number of aromatic amines is 1. The number of H-pyrrole nitrogens is 1. The molecule has 198 valence electrons. The summed E-state index contributed by atoms with van der Waals surface area (Å²) in [7, 11) is 1.52. The SMILES string of the molecule is Cn1cc(/C=C/C(=O)NCCCCCCNC(=O)CCCCC2SCC3NC(=O)NC32)c(=O)[nH]c1=O. The minimum atomic E-state index is -0.534. The highest BCUT2D eigenvalue weighted by Crippen LogP contribution is 2.33. The van der Waals surface area contributed by atoms with Gasteiger partial charge in [0.2, 0.25) is 11.8 Å². The standard InChI is InChI=1S/C24H36N6O5S/c1-30-14-16(22(33)29-24(30)35)10-11-20(32)26-13-7-3-2-6-12-25-19(31)9-5-4-8-18-21-17(15-36-18)27-23(34)28-21/h10-11,14,17-18,21H,2-9,12-13,15H2,1H3,(H,25,31)(H,26,32)(H2,27,28,34)(H,29,33,35)/b11-10+. The first-order valence-corrected chi connectivity index (χ1v) is 13.6. The number of rotatable bonds is 14. The number of nitrogens with zero attached hydrogens (tertiary/aromatic N) is 1. The van der Waals surface area contributed by atoms with E-state index in [9.17, 15) is 24.0 Å². The second-order valence-electron chi connectivity index (χ2n) is 9.21. The molecule has 0 aliphatic carbocycles. The highest BCUT2D eigenvalue weighted by molar-refractivity contribution is 8.00. The summed E-state index contributed by atoms with van der Waals surface area (Å²) in [6.07, 6.45) is 11.0. The summed E-state index contributed by atoms with van der Waals surface area (Å²) in [5.74, 6) is 0.740. The Morgan fingerprint density at radius 1 is 1.06 bits per heavy atom. The molecule has 36 heavy (non-hydrogen) atoms. The van der Waals surface area contributed by atoms with Crippen molar-refractivity contribution < 1.29 is 14.4 Å². The lowest BCUT2D eigenvalue weighted by Crippen LogP contribution is -2.36. The van der Waals surface area contributed by atoms with E-state index in [0.29, 0.717) is 24.8 Å². The van der Waals surface area contributed by atoms with Crippen LogP contribution in [0.15, 0.2) is 21.9 Å². The highest BCUT2D eigenvalue weighted by atomic mass is 32.2. The van der Waals surface area contributed by atoms with Crippen molar-refractivity contribution in [2.24, 2.45) is 7.05 Å². The molecule has 1 aromatic heterocycles. The van der Waals surface area contributed by atoms with Crippen LogP contribution in [0, 0.1) is 0 Å². The van der Waals surface area contributed by atoms with Gasteiger partial charge in [-0.15, -0.1) is 0 Å². The number of fused-ring (bicyclic) bond motifs is 1. The molecule has 0 spiro atoms. The first-order valence-electron chi connectivity index (χ1n) is 12.5. The van der Waals surface area contributed by atoms with Gasteiger partial charge in [0.05, 0.1) is 17.6 Å². The average Bonchev–Trinajstić information content (AvgIpc) is 3.39. The number of thioether (sulfide) groups is 1. The van der Waals surface area contributed by atoms with Gasteiger partial charge in [-0.1, -0.05) is 19.3 Å². The normalized spacial score (nSPS) is 20.7. The molecule has 5 N–H and O–H groups in total. The van der Waals surface area contributed by atoms with Gasteiger partial charge < -0.3 is 25.8 Å². The molecule has 3 unspecified atom stereocenters. The van der Waals surface area contributed by atoms with Gasteiger partial charge in [0.25, 0.3) is 5.56 Å². The molecule has 2 aliphatic rings. The molecule has 11 nitrogen and oxygen atoms in total. The Morgan fingerprint density at radius 3 is 2.58 bits per heavy atom. The lowest BCUT2D eigenvalue weighted by molar-refractivity contribution is -0.121.